The zero-order valence-electron chi connectivity index (χ0n) is 13.4. The largest absolute Gasteiger partial charge is 0.314 e. The molecular weight excluding hydrogens is 278 g/mol. The van der Waals surface area contributed by atoms with Gasteiger partial charge in [0.1, 0.15) is 6.54 Å². The third-order valence-electron chi connectivity index (χ3n) is 3.58. The Morgan fingerprint density at radius 3 is 2.68 bits per heavy atom. The zero-order chi connectivity index (χ0) is 16.3. The van der Waals surface area contributed by atoms with Gasteiger partial charge < -0.3 is 4.90 Å². The Bertz CT molecular complexity index is 735. The Hall–Kier alpha value is -2.43. The molecule has 0 spiro atoms. The number of hydrogen-bond donors (Lipinski definition) is 0. The van der Waals surface area contributed by atoms with Crippen LogP contribution in [0.2, 0.25) is 0 Å². The maximum absolute atomic E-state index is 12.4. The maximum Gasteiger partial charge on any atom is 0.267 e. The zero-order valence-corrected chi connectivity index (χ0v) is 13.4. The minimum atomic E-state index is -0.275. The van der Waals surface area contributed by atoms with Crippen molar-refractivity contribution in [3.63, 3.8) is 0 Å². The molecule has 22 heavy (non-hydrogen) atoms. The van der Waals surface area contributed by atoms with Gasteiger partial charge in [-0.25, -0.2) is 4.68 Å². The first-order chi connectivity index (χ1) is 10.4. The predicted octanol–water partition coefficient (Wildman–Crippen LogP) is 2.34. The van der Waals surface area contributed by atoms with E-state index < -0.39 is 0 Å². The molecule has 1 amide bonds. The summed E-state index contributed by atoms with van der Waals surface area (Å²) in [6.07, 6.45) is 0. The lowest BCUT2D eigenvalue weighted by Gasteiger charge is -2.19. The Morgan fingerprint density at radius 1 is 1.27 bits per heavy atom. The van der Waals surface area contributed by atoms with Gasteiger partial charge in [0.05, 0.1) is 5.69 Å². The molecule has 0 bridgehead atoms. The molecule has 0 fully saturated rings. The molecule has 0 saturated carbocycles. The Balaban J connectivity index is 2.20. The standard InChI is InChI=1S/C17H21N3O2/c1-12(2)14-6-5-7-15(10-14)19(4)17(22)11-20-16(21)9-8-13(3)18-20/h5-10,12H,11H2,1-4H3. The lowest BCUT2D eigenvalue weighted by atomic mass is 10.0. The molecule has 0 unspecified atom stereocenters. The molecule has 0 radical (unpaired) electrons. The van der Waals surface area contributed by atoms with E-state index in [-0.39, 0.29) is 18.0 Å². The average Bonchev–Trinajstić information content (AvgIpc) is 2.50. The van der Waals surface area contributed by atoms with E-state index in [0.717, 1.165) is 5.69 Å². The predicted molar refractivity (Wildman–Crippen MR) is 87.2 cm³/mol. The van der Waals surface area contributed by atoms with Crippen molar-refractivity contribution >= 4 is 11.6 Å². The van der Waals surface area contributed by atoms with E-state index in [1.165, 1.54) is 16.3 Å². The molecule has 0 aliphatic heterocycles. The number of aromatic nitrogens is 2. The van der Waals surface area contributed by atoms with Crippen LogP contribution in [0.1, 0.15) is 31.0 Å². The fourth-order valence-electron chi connectivity index (χ4n) is 2.13. The topological polar surface area (TPSA) is 55.2 Å². The molecule has 116 valence electrons. The number of likely N-dealkylation sites (N-methyl/N-ethyl adjacent to an activating group) is 1. The van der Waals surface area contributed by atoms with Gasteiger partial charge >= 0.3 is 0 Å². The molecular formula is C17H21N3O2. The van der Waals surface area contributed by atoms with Crippen molar-refractivity contribution in [2.45, 2.75) is 33.2 Å². The van der Waals surface area contributed by atoms with Crippen molar-refractivity contribution in [2.24, 2.45) is 0 Å². The van der Waals surface area contributed by atoms with Crippen LogP contribution in [0.15, 0.2) is 41.2 Å². The number of anilines is 1. The van der Waals surface area contributed by atoms with E-state index in [9.17, 15) is 9.59 Å². The molecule has 0 N–H and O–H groups in total. The second kappa shape index (κ2) is 6.56. The summed E-state index contributed by atoms with van der Waals surface area (Å²) in [5, 5.41) is 4.09. The number of carbonyl (C=O) groups is 1. The van der Waals surface area contributed by atoms with Crippen molar-refractivity contribution in [2.75, 3.05) is 11.9 Å². The number of rotatable bonds is 4. The van der Waals surface area contributed by atoms with Crippen molar-refractivity contribution in [1.29, 1.82) is 0 Å². The fraction of sp³-hybridized carbons (Fsp3) is 0.353. The summed E-state index contributed by atoms with van der Waals surface area (Å²) in [5.41, 5.74) is 2.42. The normalized spacial score (nSPS) is 10.8. The molecule has 0 saturated heterocycles. The van der Waals surface area contributed by atoms with E-state index in [1.807, 2.05) is 24.3 Å². The molecule has 5 nitrogen and oxygen atoms in total. The van der Waals surface area contributed by atoms with Gasteiger partial charge in [-0.15, -0.1) is 0 Å². The van der Waals surface area contributed by atoms with E-state index in [2.05, 4.69) is 18.9 Å². The van der Waals surface area contributed by atoms with Crippen LogP contribution in [-0.4, -0.2) is 22.7 Å². The molecule has 0 atom stereocenters. The first-order valence-corrected chi connectivity index (χ1v) is 7.30. The Labute approximate surface area is 130 Å². The summed E-state index contributed by atoms with van der Waals surface area (Å²) >= 11 is 0. The number of hydrogen-bond acceptors (Lipinski definition) is 3. The third-order valence-corrected chi connectivity index (χ3v) is 3.58. The van der Waals surface area contributed by atoms with Crippen LogP contribution in [0.3, 0.4) is 0 Å². The second-order valence-electron chi connectivity index (χ2n) is 5.67. The number of aryl methyl sites for hydroxylation is 1. The van der Waals surface area contributed by atoms with Crippen molar-refractivity contribution < 1.29 is 4.79 Å². The van der Waals surface area contributed by atoms with E-state index in [1.54, 1.807) is 24.9 Å². The van der Waals surface area contributed by atoms with Gasteiger partial charge in [-0.3, -0.25) is 9.59 Å². The van der Waals surface area contributed by atoms with Gasteiger partial charge in [0.15, 0.2) is 0 Å². The van der Waals surface area contributed by atoms with E-state index >= 15 is 0 Å². The van der Waals surface area contributed by atoms with Crippen LogP contribution in [0, 0.1) is 6.92 Å². The van der Waals surface area contributed by atoms with Crippen LogP contribution >= 0.6 is 0 Å². The van der Waals surface area contributed by atoms with Gasteiger partial charge in [0.25, 0.3) is 5.56 Å². The van der Waals surface area contributed by atoms with Gasteiger partial charge in [-0.1, -0.05) is 26.0 Å². The van der Waals surface area contributed by atoms with Crippen molar-refractivity contribution in [3.05, 3.63) is 58.0 Å². The summed E-state index contributed by atoms with van der Waals surface area (Å²) in [6, 6.07) is 10.9. The van der Waals surface area contributed by atoms with Gasteiger partial charge in [0.2, 0.25) is 5.91 Å². The minimum Gasteiger partial charge on any atom is -0.314 e. The third kappa shape index (κ3) is 3.61. The minimum absolute atomic E-state index is 0.0665. The molecule has 0 aliphatic carbocycles. The molecule has 1 aromatic heterocycles. The molecule has 0 aliphatic rings. The summed E-state index contributed by atoms with van der Waals surface area (Å²) < 4.78 is 1.19. The van der Waals surface area contributed by atoms with Crippen molar-refractivity contribution in [1.82, 2.24) is 9.78 Å². The summed E-state index contributed by atoms with van der Waals surface area (Å²) in [4.78, 5) is 25.7. The number of carbonyl (C=O) groups excluding carboxylic acids is 1. The van der Waals surface area contributed by atoms with Crippen LogP contribution in [-0.2, 0) is 11.3 Å². The Kier molecular flexibility index (Phi) is 4.75. The van der Waals surface area contributed by atoms with Crippen LogP contribution < -0.4 is 10.5 Å². The van der Waals surface area contributed by atoms with Crippen molar-refractivity contribution in [3.8, 4) is 0 Å². The molecule has 1 heterocycles. The quantitative estimate of drug-likeness (QED) is 0.870. The molecule has 5 heteroatoms. The fourth-order valence-corrected chi connectivity index (χ4v) is 2.13. The van der Waals surface area contributed by atoms with Gasteiger partial charge in [-0.2, -0.15) is 5.10 Å². The maximum atomic E-state index is 12.4. The Morgan fingerprint density at radius 2 is 2.00 bits per heavy atom. The highest BCUT2D eigenvalue weighted by Crippen LogP contribution is 2.21. The molecule has 2 aromatic rings. The molecule has 1 aromatic carbocycles. The number of amides is 1. The SMILES string of the molecule is Cc1ccc(=O)n(CC(=O)N(C)c2cccc(C(C)C)c2)n1. The first kappa shape index (κ1) is 15.9. The highest BCUT2D eigenvalue weighted by atomic mass is 16.2. The number of benzene rings is 1. The van der Waals surface area contributed by atoms with E-state index in [0.29, 0.717) is 11.6 Å². The van der Waals surface area contributed by atoms with Crippen LogP contribution in [0.25, 0.3) is 0 Å². The van der Waals surface area contributed by atoms with E-state index in [4.69, 9.17) is 0 Å². The molecule has 2 rings (SSSR count). The highest BCUT2D eigenvalue weighted by Gasteiger charge is 2.14. The van der Waals surface area contributed by atoms with Gasteiger partial charge in [0, 0.05) is 18.8 Å². The lowest BCUT2D eigenvalue weighted by molar-refractivity contribution is -0.119. The number of nitrogens with zero attached hydrogens (tertiary/aromatic N) is 3. The first-order valence-electron chi connectivity index (χ1n) is 7.30. The summed E-state index contributed by atoms with van der Waals surface area (Å²) in [5.74, 6) is 0.214. The van der Waals surface area contributed by atoms with Gasteiger partial charge in [-0.05, 0) is 36.6 Å². The monoisotopic (exact) mass is 299 g/mol. The summed E-state index contributed by atoms with van der Waals surface area (Å²) in [7, 11) is 1.71. The highest BCUT2D eigenvalue weighted by molar-refractivity contribution is 5.92. The summed E-state index contributed by atoms with van der Waals surface area (Å²) in [6.45, 7) is 5.94. The lowest BCUT2D eigenvalue weighted by Crippen LogP contribution is -2.35. The smallest absolute Gasteiger partial charge is 0.267 e. The second-order valence-corrected chi connectivity index (χ2v) is 5.67. The average molecular weight is 299 g/mol. The van der Waals surface area contributed by atoms with Crippen LogP contribution in [0.5, 0.6) is 0 Å². The van der Waals surface area contributed by atoms with Crippen LogP contribution in [0.4, 0.5) is 5.69 Å².